The van der Waals surface area contributed by atoms with Gasteiger partial charge in [0, 0.05) is 18.4 Å². The number of amides is 1. The minimum atomic E-state index is -0.0608. The molecule has 4 heteroatoms. The van der Waals surface area contributed by atoms with Gasteiger partial charge in [0.15, 0.2) is 0 Å². The smallest absolute Gasteiger partial charge is 0.243 e. The number of carbonyl (C=O) groups is 1. The lowest BCUT2D eigenvalue weighted by Gasteiger charge is -2.18. The van der Waals surface area contributed by atoms with Crippen molar-refractivity contribution in [2.45, 2.75) is 6.61 Å². The molecule has 132 valence electrons. The van der Waals surface area contributed by atoms with Crippen molar-refractivity contribution in [3.8, 4) is 5.75 Å². The topological polar surface area (TPSA) is 41.6 Å². The number of nitrogens with one attached hydrogen (secondary N) is 1. The van der Waals surface area contributed by atoms with Gasteiger partial charge in [0.25, 0.3) is 0 Å². The van der Waals surface area contributed by atoms with E-state index in [1.807, 2.05) is 96.9 Å². The maximum atomic E-state index is 12.2. The van der Waals surface area contributed by atoms with Crippen LogP contribution in [0.15, 0.2) is 84.9 Å². The summed E-state index contributed by atoms with van der Waals surface area (Å²) in [5.41, 5.74) is 2.88. The molecule has 3 aromatic rings. The Morgan fingerprint density at radius 3 is 2.15 bits per heavy atom. The molecule has 0 unspecified atom stereocenters. The molecule has 0 saturated heterocycles. The predicted octanol–water partition coefficient (Wildman–Crippen LogP) is 4.34. The molecule has 0 fully saturated rings. The van der Waals surface area contributed by atoms with E-state index in [1.54, 1.807) is 0 Å². The number of rotatable bonds is 7. The summed E-state index contributed by atoms with van der Waals surface area (Å²) in [4.78, 5) is 14.1. The number of para-hydroxylation sites is 1. The number of carbonyl (C=O) groups excluding carboxylic acids is 1. The minimum absolute atomic E-state index is 0.0608. The Labute approximate surface area is 154 Å². The average molecular weight is 346 g/mol. The summed E-state index contributed by atoms with van der Waals surface area (Å²) in [6, 6.07) is 27.3. The summed E-state index contributed by atoms with van der Waals surface area (Å²) in [6.07, 6.45) is 0. The number of hydrogen-bond acceptors (Lipinski definition) is 3. The second-order valence-corrected chi connectivity index (χ2v) is 6.04. The van der Waals surface area contributed by atoms with Gasteiger partial charge >= 0.3 is 0 Å². The molecular weight excluding hydrogens is 324 g/mol. The number of likely N-dealkylation sites (N-methyl/N-ethyl adjacent to an activating group) is 1. The van der Waals surface area contributed by atoms with Gasteiger partial charge in [-0.05, 0) is 42.0 Å². The maximum Gasteiger partial charge on any atom is 0.243 e. The Hall–Kier alpha value is -3.27. The lowest BCUT2D eigenvalue weighted by Crippen LogP contribution is -2.29. The monoisotopic (exact) mass is 346 g/mol. The van der Waals surface area contributed by atoms with E-state index < -0.39 is 0 Å². The number of benzene rings is 3. The van der Waals surface area contributed by atoms with Gasteiger partial charge in [-0.15, -0.1) is 0 Å². The molecular formula is C22H22N2O2. The Morgan fingerprint density at radius 2 is 1.50 bits per heavy atom. The standard InChI is InChI=1S/C22H22N2O2/c1-24(20-10-6-3-7-11-20)16-22(25)23-19-12-14-21(15-13-19)26-17-18-8-4-2-5-9-18/h2-15H,16-17H2,1H3,(H,23,25). The zero-order valence-corrected chi connectivity index (χ0v) is 14.8. The van der Waals surface area contributed by atoms with Crippen LogP contribution in [-0.4, -0.2) is 19.5 Å². The van der Waals surface area contributed by atoms with Crippen molar-refractivity contribution < 1.29 is 9.53 Å². The second kappa shape index (κ2) is 8.72. The van der Waals surface area contributed by atoms with E-state index in [0.717, 1.165) is 22.7 Å². The van der Waals surface area contributed by atoms with Crippen molar-refractivity contribution in [3.63, 3.8) is 0 Å². The van der Waals surface area contributed by atoms with Crippen LogP contribution in [0.4, 0.5) is 11.4 Å². The molecule has 0 heterocycles. The molecule has 0 aromatic heterocycles. The molecule has 0 aliphatic rings. The molecule has 1 amide bonds. The van der Waals surface area contributed by atoms with Crippen LogP contribution in [0, 0.1) is 0 Å². The summed E-state index contributed by atoms with van der Waals surface area (Å²) in [5, 5.41) is 2.91. The molecule has 4 nitrogen and oxygen atoms in total. The first-order valence-corrected chi connectivity index (χ1v) is 8.53. The number of hydrogen-bond donors (Lipinski definition) is 1. The largest absolute Gasteiger partial charge is 0.489 e. The first kappa shape index (κ1) is 17.5. The molecule has 3 rings (SSSR count). The molecule has 26 heavy (non-hydrogen) atoms. The highest BCUT2D eigenvalue weighted by molar-refractivity contribution is 5.94. The van der Waals surface area contributed by atoms with Crippen molar-refractivity contribution in [3.05, 3.63) is 90.5 Å². The molecule has 0 aliphatic carbocycles. The third kappa shape index (κ3) is 5.11. The van der Waals surface area contributed by atoms with E-state index in [9.17, 15) is 4.79 Å². The van der Waals surface area contributed by atoms with Crippen molar-refractivity contribution in [1.82, 2.24) is 0 Å². The first-order chi connectivity index (χ1) is 12.7. The lowest BCUT2D eigenvalue weighted by atomic mass is 10.2. The fourth-order valence-corrected chi connectivity index (χ4v) is 2.57. The van der Waals surface area contributed by atoms with Gasteiger partial charge in [-0.25, -0.2) is 0 Å². The zero-order valence-electron chi connectivity index (χ0n) is 14.8. The van der Waals surface area contributed by atoms with Crippen LogP contribution < -0.4 is 15.0 Å². The van der Waals surface area contributed by atoms with Gasteiger partial charge in [-0.2, -0.15) is 0 Å². The summed E-state index contributed by atoms with van der Waals surface area (Å²) in [7, 11) is 1.90. The highest BCUT2D eigenvalue weighted by Crippen LogP contribution is 2.17. The van der Waals surface area contributed by atoms with E-state index in [-0.39, 0.29) is 12.5 Å². The van der Waals surface area contributed by atoms with Gasteiger partial charge in [-0.1, -0.05) is 48.5 Å². The van der Waals surface area contributed by atoms with E-state index >= 15 is 0 Å². The van der Waals surface area contributed by atoms with Crippen LogP contribution in [0.2, 0.25) is 0 Å². The molecule has 0 bridgehead atoms. The summed E-state index contributed by atoms with van der Waals surface area (Å²) < 4.78 is 5.75. The summed E-state index contributed by atoms with van der Waals surface area (Å²) in [6.45, 7) is 0.810. The summed E-state index contributed by atoms with van der Waals surface area (Å²) >= 11 is 0. The maximum absolute atomic E-state index is 12.2. The van der Waals surface area contributed by atoms with Gasteiger partial charge in [0.2, 0.25) is 5.91 Å². The Morgan fingerprint density at radius 1 is 0.885 bits per heavy atom. The molecule has 3 aromatic carbocycles. The van der Waals surface area contributed by atoms with Crippen LogP contribution in [-0.2, 0) is 11.4 Å². The number of nitrogens with zero attached hydrogens (tertiary/aromatic N) is 1. The van der Waals surface area contributed by atoms with Crippen molar-refractivity contribution >= 4 is 17.3 Å². The van der Waals surface area contributed by atoms with E-state index in [0.29, 0.717) is 6.61 Å². The third-order valence-electron chi connectivity index (χ3n) is 3.96. The van der Waals surface area contributed by atoms with Crippen LogP contribution in [0.1, 0.15) is 5.56 Å². The van der Waals surface area contributed by atoms with E-state index in [2.05, 4.69) is 5.32 Å². The zero-order chi connectivity index (χ0) is 18.2. The van der Waals surface area contributed by atoms with Gasteiger partial charge < -0.3 is 15.0 Å². The molecule has 0 saturated carbocycles. The fourth-order valence-electron chi connectivity index (χ4n) is 2.57. The van der Waals surface area contributed by atoms with Crippen molar-refractivity contribution in [2.75, 3.05) is 23.8 Å². The van der Waals surface area contributed by atoms with Crippen LogP contribution >= 0.6 is 0 Å². The lowest BCUT2D eigenvalue weighted by molar-refractivity contribution is -0.114. The highest BCUT2D eigenvalue weighted by atomic mass is 16.5. The Bertz CT molecular complexity index is 818. The highest BCUT2D eigenvalue weighted by Gasteiger charge is 2.07. The van der Waals surface area contributed by atoms with E-state index in [1.165, 1.54) is 0 Å². The number of ether oxygens (including phenoxy) is 1. The molecule has 0 radical (unpaired) electrons. The average Bonchev–Trinajstić information content (AvgIpc) is 2.69. The van der Waals surface area contributed by atoms with Crippen LogP contribution in [0.5, 0.6) is 5.75 Å². The molecule has 0 atom stereocenters. The SMILES string of the molecule is CN(CC(=O)Nc1ccc(OCc2ccccc2)cc1)c1ccccc1. The molecule has 1 N–H and O–H groups in total. The quantitative estimate of drug-likeness (QED) is 0.692. The van der Waals surface area contributed by atoms with Gasteiger partial charge in [-0.3, -0.25) is 4.79 Å². The number of anilines is 2. The fraction of sp³-hybridized carbons (Fsp3) is 0.136. The third-order valence-corrected chi connectivity index (χ3v) is 3.96. The Balaban J connectivity index is 1.50. The minimum Gasteiger partial charge on any atom is -0.489 e. The van der Waals surface area contributed by atoms with Crippen molar-refractivity contribution in [1.29, 1.82) is 0 Å². The second-order valence-electron chi connectivity index (χ2n) is 6.04. The van der Waals surface area contributed by atoms with Crippen molar-refractivity contribution in [2.24, 2.45) is 0 Å². The van der Waals surface area contributed by atoms with Gasteiger partial charge in [0.05, 0.1) is 6.54 Å². The molecule has 0 aliphatic heterocycles. The predicted molar refractivity (Wildman–Crippen MR) is 106 cm³/mol. The first-order valence-electron chi connectivity index (χ1n) is 8.53. The van der Waals surface area contributed by atoms with Gasteiger partial charge in [0.1, 0.15) is 12.4 Å². The van der Waals surface area contributed by atoms with Crippen LogP contribution in [0.3, 0.4) is 0 Å². The van der Waals surface area contributed by atoms with E-state index in [4.69, 9.17) is 4.74 Å². The normalized spacial score (nSPS) is 10.2. The van der Waals surface area contributed by atoms with Crippen LogP contribution in [0.25, 0.3) is 0 Å². The Kier molecular flexibility index (Phi) is 5.88. The summed E-state index contributed by atoms with van der Waals surface area (Å²) in [5.74, 6) is 0.711. The molecule has 0 spiro atoms.